The predicted octanol–water partition coefficient (Wildman–Crippen LogP) is 0.873. The molecular weight excluding hydrogens is 244 g/mol. The molecule has 0 spiro atoms. The average molecular weight is 262 g/mol. The number of carboxylic acid groups (broad SMARTS) is 1. The van der Waals surface area contributed by atoms with Gasteiger partial charge in [0.2, 0.25) is 5.95 Å². The van der Waals surface area contributed by atoms with Crippen LogP contribution in [-0.4, -0.2) is 58.7 Å². The third-order valence-electron chi connectivity index (χ3n) is 3.14. The number of carbonyl (C=O) groups is 1. The second-order valence-corrected chi connectivity index (χ2v) is 4.51. The van der Waals surface area contributed by atoms with Gasteiger partial charge < -0.3 is 10.0 Å². The smallest absolute Gasteiger partial charge is 0.338 e. The lowest BCUT2D eigenvalue weighted by molar-refractivity contribution is 0.0696. The summed E-state index contributed by atoms with van der Waals surface area (Å²) in [5.74, 6) is -0.398. The van der Waals surface area contributed by atoms with E-state index in [0.717, 1.165) is 39.1 Å². The number of rotatable bonds is 4. The molecule has 1 saturated heterocycles. The Labute approximate surface area is 112 Å². The van der Waals surface area contributed by atoms with E-state index in [2.05, 4.69) is 26.3 Å². The van der Waals surface area contributed by atoms with Crippen molar-refractivity contribution in [2.75, 3.05) is 37.6 Å². The van der Waals surface area contributed by atoms with Crippen LogP contribution in [-0.2, 0) is 0 Å². The summed E-state index contributed by atoms with van der Waals surface area (Å²) in [6, 6.07) is 0. The predicted molar refractivity (Wildman–Crippen MR) is 72.5 cm³/mol. The van der Waals surface area contributed by atoms with Crippen molar-refractivity contribution in [3.05, 3.63) is 30.6 Å². The summed E-state index contributed by atoms with van der Waals surface area (Å²) in [6.07, 6.45) is 5.67. The van der Waals surface area contributed by atoms with Crippen LogP contribution in [0.3, 0.4) is 0 Å². The first kappa shape index (κ1) is 13.5. The second-order valence-electron chi connectivity index (χ2n) is 4.51. The maximum atomic E-state index is 10.7. The molecule has 1 aromatic heterocycles. The van der Waals surface area contributed by atoms with Crippen LogP contribution in [0.4, 0.5) is 5.95 Å². The van der Waals surface area contributed by atoms with Crippen LogP contribution in [0.25, 0.3) is 0 Å². The summed E-state index contributed by atoms with van der Waals surface area (Å²) in [7, 11) is 0. The lowest BCUT2D eigenvalue weighted by Crippen LogP contribution is -2.31. The van der Waals surface area contributed by atoms with E-state index in [1.807, 2.05) is 6.08 Å². The SMILES string of the molecule is C=CCN1CCCN(c2ncc(C(=O)O)cn2)CC1. The molecule has 1 aliphatic rings. The highest BCUT2D eigenvalue weighted by atomic mass is 16.4. The fourth-order valence-corrected chi connectivity index (χ4v) is 2.13. The quantitative estimate of drug-likeness (QED) is 0.812. The van der Waals surface area contributed by atoms with Gasteiger partial charge in [-0.1, -0.05) is 6.08 Å². The number of nitrogens with zero attached hydrogens (tertiary/aromatic N) is 4. The Bertz CT molecular complexity index is 446. The van der Waals surface area contributed by atoms with Gasteiger partial charge in [0.15, 0.2) is 0 Å². The molecule has 0 aromatic carbocycles. The van der Waals surface area contributed by atoms with E-state index in [0.29, 0.717) is 5.95 Å². The van der Waals surface area contributed by atoms with Gasteiger partial charge in [-0.3, -0.25) is 4.90 Å². The molecule has 0 unspecified atom stereocenters. The fraction of sp³-hybridized carbons (Fsp3) is 0.462. The molecule has 19 heavy (non-hydrogen) atoms. The Morgan fingerprint density at radius 3 is 2.68 bits per heavy atom. The molecule has 0 bridgehead atoms. The number of hydrogen-bond acceptors (Lipinski definition) is 5. The van der Waals surface area contributed by atoms with Crippen molar-refractivity contribution in [1.29, 1.82) is 0 Å². The second kappa shape index (κ2) is 6.29. The largest absolute Gasteiger partial charge is 0.478 e. The van der Waals surface area contributed by atoms with Crippen molar-refractivity contribution in [3.8, 4) is 0 Å². The van der Waals surface area contributed by atoms with Crippen molar-refractivity contribution in [1.82, 2.24) is 14.9 Å². The van der Waals surface area contributed by atoms with E-state index in [1.165, 1.54) is 12.4 Å². The van der Waals surface area contributed by atoms with Gasteiger partial charge in [0.1, 0.15) is 0 Å². The highest BCUT2D eigenvalue weighted by molar-refractivity contribution is 5.86. The molecule has 0 amide bonds. The highest BCUT2D eigenvalue weighted by Gasteiger charge is 2.16. The van der Waals surface area contributed by atoms with Crippen molar-refractivity contribution >= 4 is 11.9 Å². The molecule has 2 rings (SSSR count). The summed E-state index contributed by atoms with van der Waals surface area (Å²) < 4.78 is 0. The lowest BCUT2D eigenvalue weighted by Gasteiger charge is -2.20. The Hall–Kier alpha value is -1.95. The number of hydrogen-bond donors (Lipinski definition) is 1. The highest BCUT2D eigenvalue weighted by Crippen LogP contribution is 2.11. The summed E-state index contributed by atoms with van der Waals surface area (Å²) in [6.45, 7) is 8.36. The first-order valence-electron chi connectivity index (χ1n) is 6.34. The Balaban J connectivity index is 2.01. The van der Waals surface area contributed by atoms with E-state index in [4.69, 9.17) is 5.11 Å². The number of anilines is 1. The standard InChI is InChI=1S/C13H18N4O2/c1-2-4-16-5-3-6-17(8-7-16)13-14-9-11(10-15-13)12(18)19/h2,9-10H,1,3-8H2,(H,18,19). The van der Waals surface area contributed by atoms with Gasteiger partial charge in [-0.25, -0.2) is 14.8 Å². The zero-order valence-corrected chi connectivity index (χ0v) is 10.8. The third-order valence-corrected chi connectivity index (χ3v) is 3.14. The molecule has 0 atom stereocenters. The average Bonchev–Trinajstić information content (AvgIpc) is 2.65. The summed E-state index contributed by atoms with van der Waals surface area (Å²) in [5.41, 5.74) is 0.117. The van der Waals surface area contributed by atoms with E-state index in [-0.39, 0.29) is 5.56 Å². The lowest BCUT2D eigenvalue weighted by atomic mass is 10.3. The summed E-state index contributed by atoms with van der Waals surface area (Å²) >= 11 is 0. The minimum absolute atomic E-state index is 0.117. The van der Waals surface area contributed by atoms with Crippen molar-refractivity contribution in [3.63, 3.8) is 0 Å². The molecule has 1 aliphatic heterocycles. The minimum Gasteiger partial charge on any atom is -0.478 e. The van der Waals surface area contributed by atoms with E-state index in [1.54, 1.807) is 0 Å². The van der Waals surface area contributed by atoms with Gasteiger partial charge in [0.05, 0.1) is 5.56 Å². The minimum atomic E-state index is -1.00. The van der Waals surface area contributed by atoms with E-state index < -0.39 is 5.97 Å². The Kier molecular flexibility index (Phi) is 4.46. The maximum Gasteiger partial charge on any atom is 0.338 e. The van der Waals surface area contributed by atoms with Gasteiger partial charge in [-0.2, -0.15) is 0 Å². The van der Waals surface area contributed by atoms with Crippen LogP contribution >= 0.6 is 0 Å². The van der Waals surface area contributed by atoms with Crippen LogP contribution in [0.2, 0.25) is 0 Å². The topological polar surface area (TPSA) is 69.6 Å². The third kappa shape index (κ3) is 3.51. The molecule has 0 saturated carbocycles. The van der Waals surface area contributed by atoms with E-state index >= 15 is 0 Å². The molecule has 102 valence electrons. The molecule has 1 aromatic rings. The Morgan fingerprint density at radius 2 is 2.05 bits per heavy atom. The van der Waals surface area contributed by atoms with E-state index in [9.17, 15) is 4.79 Å². The van der Waals surface area contributed by atoms with Crippen molar-refractivity contribution < 1.29 is 9.90 Å². The number of aromatic carboxylic acids is 1. The van der Waals surface area contributed by atoms with Crippen molar-refractivity contribution in [2.45, 2.75) is 6.42 Å². The Morgan fingerprint density at radius 1 is 1.32 bits per heavy atom. The molecule has 6 heteroatoms. The van der Waals surface area contributed by atoms with Gasteiger partial charge in [0.25, 0.3) is 0 Å². The van der Waals surface area contributed by atoms with Crippen LogP contribution in [0.1, 0.15) is 16.8 Å². The van der Waals surface area contributed by atoms with Crippen molar-refractivity contribution in [2.24, 2.45) is 0 Å². The molecule has 2 heterocycles. The van der Waals surface area contributed by atoms with Gasteiger partial charge >= 0.3 is 5.97 Å². The molecule has 6 nitrogen and oxygen atoms in total. The zero-order chi connectivity index (χ0) is 13.7. The number of aromatic nitrogens is 2. The molecular formula is C13H18N4O2. The van der Waals surface area contributed by atoms with Crippen LogP contribution in [0.5, 0.6) is 0 Å². The van der Waals surface area contributed by atoms with Crippen LogP contribution in [0, 0.1) is 0 Å². The van der Waals surface area contributed by atoms with Gasteiger partial charge in [0, 0.05) is 45.1 Å². The fourth-order valence-electron chi connectivity index (χ4n) is 2.13. The number of carboxylic acids is 1. The zero-order valence-electron chi connectivity index (χ0n) is 10.8. The maximum absolute atomic E-state index is 10.7. The van der Waals surface area contributed by atoms with Gasteiger partial charge in [-0.05, 0) is 6.42 Å². The molecule has 0 radical (unpaired) electrons. The monoisotopic (exact) mass is 262 g/mol. The molecule has 0 aliphatic carbocycles. The summed E-state index contributed by atoms with van der Waals surface area (Å²) in [4.78, 5) is 23.4. The van der Waals surface area contributed by atoms with Crippen LogP contribution < -0.4 is 4.90 Å². The summed E-state index contributed by atoms with van der Waals surface area (Å²) in [5, 5.41) is 8.82. The van der Waals surface area contributed by atoms with Crippen LogP contribution in [0.15, 0.2) is 25.0 Å². The van der Waals surface area contributed by atoms with Gasteiger partial charge in [-0.15, -0.1) is 6.58 Å². The first-order chi connectivity index (χ1) is 9.20. The molecule has 1 fully saturated rings. The first-order valence-corrected chi connectivity index (χ1v) is 6.34. The normalized spacial score (nSPS) is 16.9. The molecule has 1 N–H and O–H groups in total.